The molecule has 2 rings (SSSR count). The van der Waals surface area contributed by atoms with Crippen LogP contribution in [0.25, 0.3) is 0 Å². The van der Waals surface area contributed by atoms with Gasteiger partial charge in [0.25, 0.3) is 15.9 Å². The lowest BCUT2D eigenvalue weighted by atomic mass is 10.1. The quantitative estimate of drug-likeness (QED) is 0.770. The van der Waals surface area contributed by atoms with Crippen molar-refractivity contribution >= 4 is 15.9 Å². The summed E-state index contributed by atoms with van der Waals surface area (Å²) in [6.45, 7) is 5.74. The third-order valence-corrected chi connectivity index (χ3v) is 6.05. The van der Waals surface area contributed by atoms with E-state index in [0.717, 1.165) is 21.4 Å². The highest BCUT2D eigenvalue weighted by molar-refractivity contribution is 7.89. The fourth-order valence-electron chi connectivity index (χ4n) is 2.79. The Morgan fingerprint density at radius 3 is 2.31 bits per heavy atom. The number of sulfonamides is 1. The van der Waals surface area contributed by atoms with E-state index in [9.17, 15) is 13.2 Å². The standard InChI is InChI=1S/C17H24N4O4S/c1-11(16-12(2)19-20(4)13(16)3)18-17(22)14-7-9-15(10-8-14)26(23,24)21(5)25-6/h7-11H,1-6H3,(H,18,22). The minimum Gasteiger partial charge on any atom is -0.345 e. The van der Waals surface area contributed by atoms with Gasteiger partial charge in [0.15, 0.2) is 0 Å². The van der Waals surface area contributed by atoms with Crippen molar-refractivity contribution in [1.29, 1.82) is 0 Å². The molecule has 0 bridgehead atoms. The van der Waals surface area contributed by atoms with Gasteiger partial charge in [0.1, 0.15) is 0 Å². The molecule has 0 aliphatic heterocycles. The number of hydrogen-bond acceptors (Lipinski definition) is 5. The van der Waals surface area contributed by atoms with Gasteiger partial charge in [-0.05, 0) is 45.0 Å². The number of aromatic nitrogens is 2. The molecule has 8 nitrogen and oxygen atoms in total. The molecule has 1 N–H and O–H groups in total. The molecule has 0 spiro atoms. The fraction of sp³-hybridized carbons (Fsp3) is 0.412. The Morgan fingerprint density at radius 2 is 1.85 bits per heavy atom. The van der Waals surface area contributed by atoms with Crippen LogP contribution in [0, 0.1) is 13.8 Å². The molecule has 2 aromatic rings. The van der Waals surface area contributed by atoms with Gasteiger partial charge in [0.05, 0.1) is 23.7 Å². The lowest BCUT2D eigenvalue weighted by Crippen LogP contribution is -2.28. The van der Waals surface area contributed by atoms with Crippen LogP contribution in [0.5, 0.6) is 0 Å². The van der Waals surface area contributed by atoms with E-state index in [2.05, 4.69) is 10.4 Å². The van der Waals surface area contributed by atoms with E-state index in [0.29, 0.717) is 5.56 Å². The number of hydroxylamine groups is 1. The molecule has 1 aromatic carbocycles. The lowest BCUT2D eigenvalue weighted by Gasteiger charge is -2.16. The van der Waals surface area contributed by atoms with Crippen molar-refractivity contribution in [1.82, 2.24) is 19.6 Å². The van der Waals surface area contributed by atoms with Crippen LogP contribution in [0.3, 0.4) is 0 Å². The van der Waals surface area contributed by atoms with Crippen LogP contribution in [-0.4, -0.2) is 42.7 Å². The Balaban J connectivity index is 2.18. The Kier molecular flexibility index (Phi) is 5.84. The summed E-state index contributed by atoms with van der Waals surface area (Å²) in [5, 5.41) is 7.28. The minimum atomic E-state index is -3.74. The van der Waals surface area contributed by atoms with Gasteiger partial charge >= 0.3 is 0 Å². The summed E-state index contributed by atoms with van der Waals surface area (Å²) in [4.78, 5) is 17.3. The number of carbonyl (C=O) groups excluding carboxylic acids is 1. The fourth-order valence-corrected chi connectivity index (χ4v) is 3.77. The first-order chi connectivity index (χ1) is 12.1. The average molecular weight is 380 g/mol. The zero-order valence-corrected chi connectivity index (χ0v) is 16.6. The molecule has 0 saturated heterocycles. The van der Waals surface area contributed by atoms with E-state index in [1.165, 1.54) is 38.4 Å². The number of carbonyl (C=O) groups is 1. The summed E-state index contributed by atoms with van der Waals surface area (Å²) < 4.78 is 26.9. The molecule has 0 radical (unpaired) electrons. The molecule has 142 valence electrons. The van der Waals surface area contributed by atoms with Crippen LogP contribution in [0.4, 0.5) is 0 Å². The molecule has 9 heteroatoms. The van der Waals surface area contributed by atoms with Gasteiger partial charge in [-0.2, -0.15) is 5.10 Å². The number of nitrogens with one attached hydrogen (secondary N) is 1. The van der Waals surface area contributed by atoms with Crippen molar-refractivity contribution in [2.24, 2.45) is 7.05 Å². The van der Waals surface area contributed by atoms with E-state index < -0.39 is 10.0 Å². The Hall–Kier alpha value is -2.23. The second-order valence-electron chi connectivity index (χ2n) is 6.02. The highest BCUT2D eigenvalue weighted by Gasteiger charge is 2.22. The molecule has 26 heavy (non-hydrogen) atoms. The maximum absolute atomic E-state index is 12.5. The van der Waals surface area contributed by atoms with Crippen LogP contribution in [0.15, 0.2) is 29.2 Å². The highest BCUT2D eigenvalue weighted by Crippen LogP contribution is 2.21. The van der Waals surface area contributed by atoms with Crippen molar-refractivity contribution in [3.8, 4) is 0 Å². The molecule has 0 saturated carbocycles. The molecular formula is C17H24N4O4S. The number of amides is 1. The molecule has 0 fully saturated rings. The number of rotatable bonds is 6. The van der Waals surface area contributed by atoms with Crippen molar-refractivity contribution in [3.63, 3.8) is 0 Å². The summed E-state index contributed by atoms with van der Waals surface area (Å²) in [5.41, 5.74) is 3.19. The van der Waals surface area contributed by atoms with E-state index in [4.69, 9.17) is 4.84 Å². The van der Waals surface area contributed by atoms with Gasteiger partial charge in [0, 0.05) is 30.9 Å². The van der Waals surface area contributed by atoms with Crippen molar-refractivity contribution in [2.75, 3.05) is 14.2 Å². The van der Waals surface area contributed by atoms with Crippen molar-refractivity contribution in [3.05, 3.63) is 46.8 Å². The Bertz CT molecular complexity index is 904. The molecule has 1 aromatic heterocycles. The molecule has 1 heterocycles. The molecule has 1 atom stereocenters. The van der Waals surface area contributed by atoms with Crippen LogP contribution in [0.1, 0.15) is 40.3 Å². The first-order valence-corrected chi connectivity index (χ1v) is 9.47. The van der Waals surface area contributed by atoms with Crippen LogP contribution >= 0.6 is 0 Å². The second kappa shape index (κ2) is 7.56. The third-order valence-electron chi connectivity index (χ3n) is 4.36. The maximum atomic E-state index is 12.5. The zero-order chi connectivity index (χ0) is 19.6. The minimum absolute atomic E-state index is 0.0467. The van der Waals surface area contributed by atoms with E-state index in [1.807, 2.05) is 27.8 Å². The van der Waals surface area contributed by atoms with Gasteiger partial charge in [-0.25, -0.2) is 8.42 Å². The molecule has 0 aliphatic carbocycles. The Labute approximate surface area is 153 Å². The summed E-state index contributed by atoms with van der Waals surface area (Å²) in [6, 6.07) is 5.48. The predicted octanol–water partition coefficient (Wildman–Crippen LogP) is 1.71. The SMILES string of the molecule is CON(C)S(=O)(=O)c1ccc(C(=O)NC(C)c2c(C)nn(C)c2C)cc1. The summed E-state index contributed by atoms with van der Waals surface area (Å²) in [7, 11) is 0.689. The van der Waals surface area contributed by atoms with Crippen molar-refractivity contribution in [2.45, 2.75) is 31.7 Å². The molecule has 1 amide bonds. The van der Waals surface area contributed by atoms with Gasteiger partial charge in [-0.1, -0.05) is 4.47 Å². The van der Waals surface area contributed by atoms with Crippen LogP contribution in [0.2, 0.25) is 0 Å². The number of benzene rings is 1. The summed E-state index contributed by atoms with van der Waals surface area (Å²) >= 11 is 0. The topological polar surface area (TPSA) is 93.5 Å². The van der Waals surface area contributed by atoms with Crippen LogP contribution < -0.4 is 5.32 Å². The first-order valence-electron chi connectivity index (χ1n) is 8.03. The van der Waals surface area contributed by atoms with Gasteiger partial charge in [-0.3, -0.25) is 14.3 Å². The molecular weight excluding hydrogens is 356 g/mol. The predicted molar refractivity (Wildman–Crippen MR) is 97.0 cm³/mol. The van der Waals surface area contributed by atoms with Gasteiger partial charge in [-0.15, -0.1) is 0 Å². The normalized spacial score (nSPS) is 13.0. The van der Waals surface area contributed by atoms with Crippen LogP contribution in [-0.2, 0) is 21.9 Å². The van der Waals surface area contributed by atoms with Gasteiger partial charge < -0.3 is 5.32 Å². The van der Waals surface area contributed by atoms with E-state index in [-0.39, 0.29) is 16.8 Å². The molecule has 1 unspecified atom stereocenters. The lowest BCUT2D eigenvalue weighted by molar-refractivity contribution is -0.0258. The van der Waals surface area contributed by atoms with Crippen molar-refractivity contribution < 1.29 is 18.0 Å². The largest absolute Gasteiger partial charge is 0.345 e. The summed E-state index contributed by atoms with van der Waals surface area (Å²) in [6.07, 6.45) is 0. The second-order valence-corrected chi connectivity index (χ2v) is 7.96. The third kappa shape index (κ3) is 3.79. The van der Waals surface area contributed by atoms with E-state index >= 15 is 0 Å². The Morgan fingerprint density at radius 1 is 1.27 bits per heavy atom. The first kappa shape index (κ1) is 20.1. The average Bonchev–Trinajstić information content (AvgIpc) is 2.86. The number of aryl methyl sites for hydroxylation is 2. The van der Waals surface area contributed by atoms with E-state index in [1.54, 1.807) is 4.68 Å². The maximum Gasteiger partial charge on any atom is 0.264 e. The number of nitrogens with zero attached hydrogens (tertiary/aromatic N) is 3. The van der Waals surface area contributed by atoms with Gasteiger partial charge in [0.2, 0.25) is 0 Å². The highest BCUT2D eigenvalue weighted by atomic mass is 32.2. The zero-order valence-electron chi connectivity index (χ0n) is 15.8. The summed E-state index contributed by atoms with van der Waals surface area (Å²) in [5.74, 6) is -0.288. The molecule has 0 aliphatic rings. The number of hydrogen-bond donors (Lipinski definition) is 1. The smallest absolute Gasteiger partial charge is 0.264 e. The monoisotopic (exact) mass is 380 g/mol.